The first-order valence-corrected chi connectivity index (χ1v) is 12.5. The lowest BCUT2D eigenvalue weighted by Crippen LogP contribution is -2.39. The third kappa shape index (κ3) is 3.22. The first kappa shape index (κ1) is 20.4. The zero-order valence-corrected chi connectivity index (χ0v) is 20.0. The van der Waals surface area contributed by atoms with Crippen LogP contribution in [0.2, 0.25) is 5.28 Å². The third-order valence-electron chi connectivity index (χ3n) is 6.93. The Bertz CT molecular complexity index is 1510. The molecule has 5 heterocycles. The van der Waals surface area contributed by atoms with E-state index in [0.29, 0.717) is 18.3 Å². The standard InChI is InChI=1S/C24H21ClN6O2S/c1-31-9-6-15-13(10-31)22(29-23(25)28-15)33-17-5-2-12-14(27-17)3-4-16-18(12)19-20(34-16)21(32)30-24(7-8-24)11-26-19/h2-5,26H,6-11H2,1H3,(H,30,32). The van der Waals surface area contributed by atoms with Crippen molar-refractivity contribution < 1.29 is 9.53 Å². The van der Waals surface area contributed by atoms with Crippen molar-refractivity contribution in [3.63, 3.8) is 0 Å². The van der Waals surface area contributed by atoms with Crippen molar-refractivity contribution in [2.24, 2.45) is 0 Å². The molecule has 2 N–H and O–H groups in total. The monoisotopic (exact) mass is 492 g/mol. The van der Waals surface area contributed by atoms with Crippen LogP contribution >= 0.6 is 22.9 Å². The quantitative estimate of drug-likeness (QED) is 0.401. The second kappa shape index (κ2) is 7.24. The molecular weight excluding hydrogens is 472 g/mol. The van der Waals surface area contributed by atoms with Crippen molar-refractivity contribution in [2.45, 2.75) is 31.3 Å². The molecule has 172 valence electrons. The van der Waals surface area contributed by atoms with Crippen LogP contribution in [0.5, 0.6) is 11.8 Å². The number of nitrogens with one attached hydrogen (secondary N) is 2. The number of fused-ring (bicyclic) bond motifs is 6. The second-order valence-electron chi connectivity index (χ2n) is 9.36. The van der Waals surface area contributed by atoms with E-state index in [1.165, 1.54) is 11.3 Å². The molecule has 1 aromatic carbocycles. The minimum absolute atomic E-state index is 0.00939. The number of rotatable bonds is 2. The number of amides is 1. The smallest absolute Gasteiger partial charge is 0.264 e. The number of thiophene rings is 1. The largest absolute Gasteiger partial charge is 0.420 e. The molecule has 2 aliphatic heterocycles. The number of carbonyl (C=O) groups is 1. The van der Waals surface area contributed by atoms with Crippen LogP contribution in [0, 0.1) is 0 Å². The van der Waals surface area contributed by atoms with E-state index in [1.807, 2.05) is 24.3 Å². The van der Waals surface area contributed by atoms with Crippen molar-refractivity contribution in [1.29, 1.82) is 0 Å². The van der Waals surface area contributed by atoms with E-state index in [9.17, 15) is 4.79 Å². The normalized spacial score (nSPS) is 18.8. The number of hydrogen-bond acceptors (Lipinski definition) is 8. The Balaban J connectivity index is 1.30. The predicted molar refractivity (Wildman–Crippen MR) is 132 cm³/mol. The zero-order chi connectivity index (χ0) is 23.0. The molecule has 3 aliphatic rings. The van der Waals surface area contributed by atoms with E-state index in [0.717, 1.165) is 75.2 Å². The average molecular weight is 493 g/mol. The Hall–Kier alpha value is -3.01. The molecule has 1 fully saturated rings. The topological polar surface area (TPSA) is 92.3 Å². The summed E-state index contributed by atoms with van der Waals surface area (Å²) in [5, 5.41) is 8.96. The van der Waals surface area contributed by atoms with E-state index in [-0.39, 0.29) is 16.7 Å². The van der Waals surface area contributed by atoms with Gasteiger partial charge in [-0.15, -0.1) is 11.3 Å². The lowest BCUT2D eigenvalue weighted by molar-refractivity contribution is 0.0942. The summed E-state index contributed by atoms with van der Waals surface area (Å²) in [6, 6.07) is 7.84. The first-order chi connectivity index (χ1) is 16.5. The summed E-state index contributed by atoms with van der Waals surface area (Å²) in [6.45, 7) is 2.37. The van der Waals surface area contributed by atoms with Crippen molar-refractivity contribution in [1.82, 2.24) is 25.2 Å². The highest BCUT2D eigenvalue weighted by Crippen LogP contribution is 2.45. The molecular formula is C24H21ClN6O2S. The van der Waals surface area contributed by atoms with Gasteiger partial charge in [-0.2, -0.15) is 4.98 Å². The van der Waals surface area contributed by atoms with E-state index in [4.69, 9.17) is 21.3 Å². The van der Waals surface area contributed by atoms with Gasteiger partial charge in [0, 0.05) is 47.6 Å². The number of ether oxygens (including phenoxy) is 1. The van der Waals surface area contributed by atoms with Crippen LogP contribution < -0.4 is 15.4 Å². The maximum atomic E-state index is 12.9. The first-order valence-electron chi connectivity index (χ1n) is 11.3. The molecule has 0 saturated heterocycles. The fourth-order valence-corrected chi connectivity index (χ4v) is 6.16. The molecule has 1 saturated carbocycles. The predicted octanol–water partition coefficient (Wildman–Crippen LogP) is 4.36. The molecule has 4 aromatic rings. The van der Waals surface area contributed by atoms with Gasteiger partial charge in [0.25, 0.3) is 5.91 Å². The summed E-state index contributed by atoms with van der Waals surface area (Å²) in [6.07, 6.45) is 2.85. The van der Waals surface area contributed by atoms with Crippen molar-refractivity contribution in [3.05, 3.63) is 45.7 Å². The van der Waals surface area contributed by atoms with Crippen LogP contribution in [-0.4, -0.2) is 51.4 Å². The van der Waals surface area contributed by atoms with Crippen LogP contribution in [0.25, 0.3) is 21.0 Å². The molecule has 0 radical (unpaired) electrons. The number of halogens is 1. The third-order valence-corrected chi connectivity index (χ3v) is 8.25. The lowest BCUT2D eigenvalue weighted by atomic mass is 10.1. The van der Waals surface area contributed by atoms with Gasteiger partial charge in [0.2, 0.25) is 17.0 Å². The maximum Gasteiger partial charge on any atom is 0.264 e. The second-order valence-corrected chi connectivity index (χ2v) is 10.8. The van der Waals surface area contributed by atoms with E-state index in [1.54, 1.807) is 0 Å². The average Bonchev–Trinajstić information content (AvgIpc) is 3.50. The lowest BCUT2D eigenvalue weighted by Gasteiger charge is -2.25. The molecule has 1 amide bonds. The number of nitrogens with zero attached hydrogens (tertiary/aromatic N) is 4. The highest BCUT2D eigenvalue weighted by molar-refractivity contribution is 7.21. The summed E-state index contributed by atoms with van der Waals surface area (Å²) in [4.78, 5) is 29.3. The molecule has 10 heteroatoms. The van der Waals surface area contributed by atoms with Gasteiger partial charge in [0.1, 0.15) is 4.88 Å². The Morgan fingerprint density at radius 2 is 2.06 bits per heavy atom. The van der Waals surface area contributed by atoms with Gasteiger partial charge < -0.3 is 20.3 Å². The van der Waals surface area contributed by atoms with Gasteiger partial charge >= 0.3 is 0 Å². The number of anilines is 1. The van der Waals surface area contributed by atoms with Gasteiger partial charge in [0.15, 0.2) is 0 Å². The van der Waals surface area contributed by atoms with E-state index in [2.05, 4.69) is 32.5 Å². The molecule has 3 aromatic heterocycles. The Morgan fingerprint density at radius 3 is 2.91 bits per heavy atom. The van der Waals surface area contributed by atoms with E-state index >= 15 is 0 Å². The Kier molecular flexibility index (Phi) is 4.34. The fraction of sp³-hybridized carbons (Fsp3) is 0.333. The number of aromatic nitrogens is 3. The Labute approximate surface area is 204 Å². The summed E-state index contributed by atoms with van der Waals surface area (Å²) in [5.74, 6) is 0.906. The van der Waals surface area contributed by atoms with Gasteiger partial charge in [-0.3, -0.25) is 4.79 Å². The molecule has 0 atom stereocenters. The van der Waals surface area contributed by atoms with Crippen LogP contribution in [-0.2, 0) is 13.0 Å². The Morgan fingerprint density at radius 1 is 1.18 bits per heavy atom. The summed E-state index contributed by atoms with van der Waals surface area (Å²) < 4.78 is 7.20. The van der Waals surface area contributed by atoms with Crippen molar-refractivity contribution in [2.75, 3.05) is 25.5 Å². The summed E-state index contributed by atoms with van der Waals surface area (Å²) in [5.41, 5.74) is 3.49. The molecule has 1 spiro atoms. The summed E-state index contributed by atoms with van der Waals surface area (Å²) >= 11 is 7.69. The highest BCUT2D eigenvalue weighted by Gasteiger charge is 2.46. The fourth-order valence-electron chi connectivity index (χ4n) is 4.89. The molecule has 0 unspecified atom stereocenters. The number of likely N-dealkylation sites (N-methyl/N-ethyl adjacent to an activating group) is 1. The van der Waals surface area contributed by atoms with Crippen molar-refractivity contribution in [3.8, 4) is 11.8 Å². The number of hydrogen-bond donors (Lipinski definition) is 2. The molecule has 0 bridgehead atoms. The van der Waals surface area contributed by atoms with Crippen LogP contribution in [0.1, 0.15) is 33.8 Å². The van der Waals surface area contributed by atoms with Crippen LogP contribution in [0.15, 0.2) is 24.3 Å². The van der Waals surface area contributed by atoms with Crippen LogP contribution in [0.3, 0.4) is 0 Å². The SMILES string of the molecule is CN1CCc2nc(Cl)nc(Oc3ccc4c(ccc5sc6c(c54)NCC4(CC4)NC6=O)n3)c2C1. The van der Waals surface area contributed by atoms with Crippen LogP contribution in [0.4, 0.5) is 5.69 Å². The van der Waals surface area contributed by atoms with Gasteiger partial charge in [-0.1, -0.05) is 0 Å². The number of pyridine rings is 1. The van der Waals surface area contributed by atoms with Crippen molar-refractivity contribution >= 4 is 55.5 Å². The zero-order valence-electron chi connectivity index (χ0n) is 18.4. The minimum atomic E-state index is -0.0853. The molecule has 1 aliphatic carbocycles. The summed E-state index contributed by atoms with van der Waals surface area (Å²) in [7, 11) is 2.06. The van der Waals surface area contributed by atoms with E-state index < -0.39 is 0 Å². The molecule has 8 nitrogen and oxygen atoms in total. The highest BCUT2D eigenvalue weighted by atomic mass is 35.5. The number of carbonyl (C=O) groups excluding carboxylic acids is 1. The van der Waals surface area contributed by atoms with Gasteiger partial charge in [-0.25, -0.2) is 9.97 Å². The molecule has 34 heavy (non-hydrogen) atoms. The minimum Gasteiger partial charge on any atom is -0.420 e. The number of benzene rings is 1. The molecule has 7 rings (SSSR count). The van der Waals surface area contributed by atoms with Gasteiger partial charge in [0.05, 0.1) is 28.0 Å². The van der Waals surface area contributed by atoms with Gasteiger partial charge in [-0.05, 0) is 49.7 Å². The maximum absolute atomic E-state index is 12.9.